The Bertz CT molecular complexity index is 6400. The minimum absolute atomic E-state index is 0. The molecular weight excluding hydrogens is 1740 g/mol. The molecule has 0 bridgehead atoms. The van der Waals surface area contributed by atoms with E-state index in [0.29, 0.717) is 116 Å². The molecule has 676 valence electrons. The Morgan fingerprint density at radius 3 is 0.604 bits per heavy atom. The van der Waals surface area contributed by atoms with Crippen molar-refractivity contribution < 1.29 is 39.0 Å². The van der Waals surface area contributed by atoms with Crippen molar-refractivity contribution in [3.05, 3.63) is 381 Å². The Morgan fingerprint density at radius 2 is 0.388 bits per heavy atom. The average Bonchev–Trinajstić information content (AvgIpc) is 0.794. The van der Waals surface area contributed by atoms with Gasteiger partial charge in [0, 0.05) is 35.6 Å². The van der Waals surface area contributed by atoms with Gasteiger partial charge < -0.3 is 39.9 Å². The topological polar surface area (TPSA) is 157 Å². The van der Waals surface area contributed by atoms with Gasteiger partial charge in [0.25, 0.3) is 0 Å². The predicted molar refractivity (Wildman–Crippen MR) is 554 cm³/mol. The molecule has 0 saturated carbocycles. The van der Waals surface area contributed by atoms with E-state index < -0.39 is 0 Å². The molecule has 0 aliphatic heterocycles. The number of aromatic nitrogens is 8. The number of pyridine rings is 8. The van der Waals surface area contributed by atoms with Gasteiger partial charge in [-0.15, -0.1) is 0 Å². The van der Waals surface area contributed by atoms with Gasteiger partial charge in [-0.2, -0.15) is 0 Å². The molecule has 8 heterocycles. The zero-order valence-electron chi connectivity index (χ0n) is 83.4. The summed E-state index contributed by atoms with van der Waals surface area (Å²) in [5.41, 5.74) is 33.8. The van der Waals surface area contributed by atoms with Crippen LogP contribution in [0.1, 0.15) is 304 Å². The Labute approximate surface area is 822 Å². The zero-order chi connectivity index (χ0) is 94.1. The maximum Gasteiger partial charge on any atom is 2.00 e. The Morgan fingerprint density at radius 1 is 0.194 bits per heavy atom. The summed E-state index contributed by atoms with van der Waals surface area (Å²) in [5, 5.41) is 4.33. The molecule has 0 saturated heterocycles. The van der Waals surface area contributed by atoms with Crippen molar-refractivity contribution in [2.45, 2.75) is 237 Å². The summed E-state index contributed by atoms with van der Waals surface area (Å²) in [6.45, 7) is 54.0. The van der Waals surface area contributed by atoms with E-state index in [1.807, 2.05) is 73.6 Å². The van der Waals surface area contributed by atoms with Crippen LogP contribution in [0.25, 0.3) is 88.3 Å². The Hall–Kier alpha value is -12.1. The van der Waals surface area contributed by atoms with E-state index in [0.717, 1.165) is 54.9 Å². The van der Waals surface area contributed by atoms with Crippen molar-refractivity contribution in [1.82, 2.24) is 39.9 Å². The molecule has 0 radical (unpaired) electrons. The van der Waals surface area contributed by atoms with Gasteiger partial charge in [0.15, 0.2) is 0 Å². The van der Waals surface area contributed by atoms with Crippen molar-refractivity contribution in [3.63, 3.8) is 0 Å². The molecule has 8 aromatic carbocycles. The summed E-state index contributed by atoms with van der Waals surface area (Å²) >= 11 is 0. The Balaban J connectivity index is 0.000000172. The SMILES string of the molecule is CC(C)c1cccc(C(C)C)c1-c1cc[n-]c(=Nc2nccc3ccccc23)c1.CC(C)c1cccc(C(C)C)c1-c1cc[n-]c(=Nc2nccc3ccccc23)c1.CC(C)c1cccc(C(C)C)c1-c1ccnc(N=c2cc(-c3c(C(C)C)cccc3C(C)C)cc[n-]2)c1.CC(C)c1cccc(C(C)C)c1-c1ccnc(N=c2cc(-c3c(C(C)C)cccc3C(C)C)cc[n-]2)c1.[Zn+2].[Zn+2]. The fraction of sp³-hybridized carbons (Fsp3) is 0.300. The van der Waals surface area contributed by atoms with Crippen LogP contribution >= 0.6 is 0 Å². The van der Waals surface area contributed by atoms with Crippen LogP contribution in [0.2, 0.25) is 0 Å². The molecule has 0 atom stereocenters. The summed E-state index contributed by atoms with van der Waals surface area (Å²) in [6, 6.07) is 85.4. The molecule has 16 aromatic rings. The maximum atomic E-state index is 4.89. The second-order valence-electron chi connectivity index (χ2n) is 38.3. The summed E-state index contributed by atoms with van der Waals surface area (Å²) in [4.78, 5) is 55.7. The quantitative estimate of drug-likeness (QED) is 0.0607. The van der Waals surface area contributed by atoms with E-state index in [1.54, 1.807) is 12.4 Å². The summed E-state index contributed by atoms with van der Waals surface area (Å²) in [5.74, 6) is 7.95. The first-order chi connectivity index (χ1) is 63.4. The molecule has 14 heteroatoms. The number of fused-ring (bicyclic) bond motifs is 2. The summed E-state index contributed by atoms with van der Waals surface area (Å²) in [7, 11) is 0. The van der Waals surface area contributed by atoms with Gasteiger partial charge >= 0.3 is 39.0 Å². The van der Waals surface area contributed by atoms with E-state index in [-0.39, 0.29) is 39.0 Å². The van der Waals surface area contributed by atoms with E-state index in [9.17, 15) is 0 Å². The van der Waals surface area contributed by atoms with Gasteiger partial charge in [0.2, 0.25) is 0 Å². The fourth-order valence-electron chi connectivity index (χ4n) is 18.0. The molecule has 0 unspecified atom stereocenters. The zero-order valence-corrected chi connectivity index (χ0v) is 89.4. The molecule has 0 aliphatic rings. The van der Waals surface area contributed by atoms with Crippen LogP contribution in [0.15, 0.2) is 312 Å². The molecule has 0 fully saturated rings. The van der Waals surface area contributed by atoms with Crippen LogP contribution in [-0.2, 0) is 39.0 Å². The van der Waals surface area contributed by atoms with Crippen LogP contribution in [0, 0.1) is 0 Å². The van der Waals surface area contributed by atoms with E-state index in [2.05, 4.69) is 412 Å². The third kappa shape index (κ3) is 24.7. The first-order valence-electron chi connectivity index (χ1n) is 47.5. The third-order valence-electron chi connectivity index (χ3n) is 24.6. The van der Waals surface area contributed by atoms with Crippen LogP contribution in [0.4, 0.5) is 23.3 Å². The van der Waals surface area contributed by atoms with E-state index in [1.165, 1.54) is 100 Å². The number of hydrogen-bond acceptors (Lipinski definition) is 8. The molecule has 0 spiro atoms. The monoisotopic (exact) mass is 1870 g/mol. The van der Waals surface area contributed by atoms with Crippen LogP contribution in [0.3, 0.4) is 0 Å². The molecule has 0 N–H and O–H groups in total. The standard InChI is InChI=1S/2C34H40N3.2C26H26N3.2Zn/c2*1-21(2)27-11-9-12-28(22(3)4)33(27)25-15-17-35-31(19-25)37-32-20-26(16-18-36-32)34-29(23(5)6)13-10-14-30(34)24(7)8;2*1-17(2)21-10-7-11-22(18(3)4)25(21)20-13-14-27-24(16-20)29-26-23-9-6-5-8-19(23)12-15-28-26;;/h2*9-24H,1-8H3;2*5-18H,1-4H3;;/q4*-1;2*+2. The largest absolute Gasteiger partial charge is 2.00 e. The molecule has 16 rings (SSSR count). The molecule has 0 amide bonds. The van der Waals surface area contributed by atoms with Gasteiger partial charge in [-0.05, 0) is 252 Å². The molecule has 134 heavy (non-hydrogen) atoms. The summed E-state index contributed by atoms with van der Waals surface area (Å²) in [6.07, 6.45) is 14.8. The van der Waals surface area contributed by atoms with Crippen LogP contribution in [0.5, 0.6) is 0 Å². The van der Waals surface area contributed by atoms with Gasteiger partial charge in [-0.1, -0.05) is 419 Å². The van der Waals surface area contributed by atoms with Gasteiger partial charge in [0.1, 0.15) is 0 Å². The number of hydrogen-bond donors (Lipinski definition) is 0. The van der Waals surface area contributed by atoms with Crippen LogP contribution < -0.4 is 41.9 Å². The van der Waals surface area contributed by atoms with E-state index in [4.69, 9.17) is 20.0 Å². The predicted octanol–water partition coefficient (Wildman–Crippen LogP) is 30.9. The maximum absolute atomic E-state index is 4.89. The first-order valence-corrected chi connectivity index (χ1v) is 47.5. The smallest absolute Gasteiger partial charge is 0.443 e. The van der Waals surface area contributed by atoms with Crippen LogP contribution in [-0.4, -0.2) is 19.9 Å². The van der Waals surface area contributed by atoms with E-state index >= 15 is 0 Å². The number of nitrogens with zero attached hydrogens (tertiary/aromatic N) is 12. The second-order valence-corrected chi connectivity index (χ2v) is 38.3. The normalized spacial score (nSPS) is 12.1. The van der Waals surface area contributed by atoms with Gasteiger partial charge in [0.05, 0.1) is 23.3 Å². The van der Waals surface area contributed by atoms with Crippen molar-refractivity contribution in [3.8, 4) is 66.8 Å². The average molecular weight is 1870 g/mol. The summed E-state index contributed by atoms with van der Waals surface area (Å²) < 4.78 is 0. The molecule has 8 aromatic heterocycles. The molecule has 12 nitrogen and oxygen atoms in total. The first kappa shape index (κ1) is 102. The van der Waals surface area contributed by atoms with Crippen molar-refractivity contribution in [2.75, 3.05) is 0 Å². The minimum atomic E-state index is 0. The number of benzene rings is 8. The van der Waals surface area contributed by atoms with Crippen molar-refractivity contribution in [1.29, 1.82) is 0 Å². The van der Waals surface area contributed by atoms with Crippen molar-refractivity contribution >= 4 is 44.8 Å². The fourth-order valence-corrected chi connectivity index (χ4v) is 18.0. The molecule has 0 aliphatic carbocycles. The molecular formula is C120H132N12Zn2. The van der Waals surface area contributed by atoms with Crippen molar-refractivity contribution in [2.24, 2.45) is 20.0 Å². The Kier molecular flexibility index (Phi) is 36.1. The third-order valence-corrected chi connectivity index (χ3v) is 24.6. The minimum Gasteiger partial charge on any atom is -0.443 e. The van der Waals surface area contributed by atoms with Gasteiger partial charge in [-0.25, -0.2) is 0 Å². The number of rotatable bonds is 22. The van der Waals surface area contributed by atoms with Gasteiger partial charge in [-0.3, -0.25) is 19.9 Å². The second kappa shape index (κ2) is 47.2.